The lowest BCUT2D eigenvalue weighted by Crippen LogP contribution is -2.36. The van der Waals surface area contributed by atoms with E-state index in [4.69, 9.17) is 14.6 Å². The summed E-state index contributed by atoms with van der Waals surface area (Å²) in [6.07, 6.45) is 3.49. The molecule has 0 aromatic rings. The molecule has 0 amide bonds. The Labute approximate surface area is 79.0 Å². The Kier molecular flexibility index (Phi) is 2.34. The summed E-state index contributed by atoms with van der Waals surface area (Å²) in [4.78, 5) is 0. The highest BCUT2D eigenvalue weighted by molar-refractivity contribution is 4.99. The van der Waals surface area contributed by atoms with Crippen molar-refractivity contribution in [3.63, 3.8) is 0 Å². The highest BCUT2D eigenvalue weighted by atomic mass is 16.6. The molecular weight excluding hydrogens is 168 g/mol. The Balaban J connectivity index is 2.06. The van der Waals surface area contributed by atoms with E-state index in [1.165, 1.54) is 0 Å². The van der Waals surface area contributed by atoms with Crippen LogP contribution in [0.2, 0.25) is 0 Å². The zero-order valence-corrected chi connectivity index (χ0v) is 8.32. The summed E-state index contributed by atoms with van der Waals surface area (Å²) in [6, 6.07) is 0. The fraction of sp³-hybridized carbons (Fsp3) is 1.00. The third-order valence-corrected chi connectivity index (χ3v) is 3.30. The molecule has 2 aliphatic rings. The first kappa shape index (κ1) is 9.44. The highest BCUT2D eigenvalue weighted by Crippen LogP contribution is 2.43. The topological polar surface area (TPSA) is 38.7 Å². The van der Waals surface area contributed by atoms with E-state index in [1.54, 1.807) is 0 Å². The molecule has 1 spiro atoms. The monoisotopic (exact) mass is 186 g/mol. The minimum absolute atomic E-state index is 0.0383. The number of hydrogen-bond acceptors (Lipinski definition) is 3. The first-order valence-electron chi connectivity index (χ1n) is 5.10. The van der Waals surface area contributed by atoms with Gasteiger partial charge in [-0.15, -0.1) is 0 Å². The van der Waals surface area contributed by atoms with E-state index in [1.807, 2.05) is 0 Å². The molecule has 4 atom stereocenters. The fourth-order valence-electron chi connectivity index (χ4n) is 2.61. The molecule has 2 saturated heterocycles. The van der Waals surface area contributed by atoms with Crippen LogP contribution < -0.4 is 0 Å². The average molecular weight is 186 g/mol. The molecule has 1 N–H and O–H groups in total. The number of aliphatic hydroxyl groups excluding tert-OH is 1. The van der Waals surface area contributed by atoms with Gasteiger partial charge >= 0.3 is 0 Å². The Morgan fingerprint density at radius 2 is 2.23 bits per heavy atom. The number of ether oxygens (including phenoxy) is 2. The smallest absolute Gasteiger partial charge is 0.0970 e. The van der Waals surface area contributed by atoms with E-state index in [9.17, 15) is 0 Å². The van der Waals surface area contributed by atoms with Gasteiger partial charge in [-0.25, -0.2) is 0 Å². The van der Waals surface area contributed by atoms with E-state index in [0.29, 0.717) is 6.10 Å². The molecule has 0 aromatic heterocycles. The summed E-state index contributed by atoms with van der Waals surface area (Å²) < 4.78 is 11.6. The van der Waals surface area contributed by atoms with Crippen molar-refractivity contribution >= 4 is 0 Å². The van der Waals surface area contributed by atoms with Gasteiger partial charge in [0.15, 0.2) is 0 Å². The first-order valence-corrected chi connectivity index (χ1v) is 5.10. The molecule has 0 bridgehead atoms. The maximum atomic E-state index is 9.00. The van der Waals surface area contributed by atoms with Gasteiger partial charge in [0.1, 0.15) is 0 Å². The van der Waals surface area contributed by atoms with Crippen molar-refractivity contribution in [2.45, 2.75) is 57.0 Å². The summed E-state index contributed by atoms with van der Waals surface area (Å²) in [7, 11) is 0. The van der Waals surface area contributed by atoms with Crippen LogP contribution in [0.1, 0.15) is 33.1 Å². The maximum Gasteiger partial charge on any atom is 0.0970 e. The number of hydrogen-bond donors (Lipinski definition) is 1. The van der Waals surface area contributed by atoms with Gasteiger partial charge in [-0.1, -0.05) is 0 Å². The molecular formula is C10H18O3. The Morgan fingerprint density at radius 3 is 2.69 bits per heavy atom. The van der Waals surface area contributed by atoms with Crippen molar-refractivity contribution in [3.05, 3.63) is 0 Å². The minimum Gasteiger partial charge on any atom is -0.394 e. The third-order valence-electron chi connectivity index (χ3n) is 3.30. The first-order chi connectivity index (χ1) is 6.16. The van der Waals surface area contributed by atoms with Crippen molar-refractivity contribution in [3.8, 4) is 0 Å². The van der Waals surface area contributed by atoms with Crippen molar-refractivity contribution in [1.29, 1.82) is 0 Å². The molecule has 4 unspecified atom stereocenters. The maximum absolute atomic E-state index is 9.00. The third kappa shape index (κ3) is 1.49. The second kappa shape index (κ2) is 3.23. The predicted octanol–water partition coefficient (Wildman–Crippen LogP) is 1.09. The molecule has 3 heteroatoms. The zero-order chi connectivity index (χ0) is 9.47. The van der Waals surface area contributed by atoms with Gasteiger partial charge in [0.05, 0.1) is 30.5 Å². The van der Waals surface area contributed by atoms with E-state index >= 15 is 0 Å². The standard InChI is InChI=1S/C10H18O3/c1-7-5-10(8(2)12-7)4-3-9(6-11)13-10/h7-9,11H,3-6H2,1-2H3. The largest absolute Gasteiger partial charge is 0.394 e. The molecule has 0 radical (unpaired) electrons. The molecule has 13 heavy (non-hydrogen) atoms. The summed E-state index contributed by atoms with van der Waals surface area (Å²) in [5.41, 5.74) is -0.0905. The minimum atomic E-state index is -0.0905. The summed E-state index contributed by atoms with van der Waals surface area (Å²) in [5, 5.41) is 9.00. The highest BCUT2D eigenvalue weighted by Gasteiger charge is 2.50. The molecule has 2 rings (SSSR count). The molecule has 0 aliphatic carbocycles. The molecule has 2 heterocycles. The van der Waals surface area contributed by atoms with Crippen LogP contribution in [-0.4, -0.2) is 35.6 Å². The molecule has 2 fully saturated rings. The van der Waals surface area contributed by atoms with Crippen LogP contribution >= 0.6 is 0 Å². The molecule has 3 nitrogen and oxygen atoms in total. The van der Waals surface area contributed by atoms with Gasteiger partial charge < -0.3 is 14.6 Å². The van der Waals surface area contributed by atoms with Gasteiger partial charge in [0.25, 0.3) is 0 Å². The van der Waals surface area contributed by atoms with Gasteiger partial charge in [0.2, 0.25) is 0 Å². The van der Waals surface area contributed by atoms with Crippen LogP contribution in [0, 0.1) is 0 Å². The van der Waals surface area contributed by atoms with Crippen LogP contribution in [0.4, 0.5) is 0 Å². The predicted molar refractivity (Wildman–Crippen MR) is 48.5 cm³/mol. The number of rotatable bonds is 1. The van der Waals surface area contributed by atoms with E-state index < -0.39 is 0 Å². The van der Waals surface area contributed by atoms with Gasteiger partial charge in [-0.2, -0.15) is 0 Å². The van der Waals surface area contributed by atoms with Crippen molar-refractivity contribution < 1.29 is 14.6 Å². The fourth-order valence-corrected chi connectivity index (χ4v) is 2.61. The van der Waals surface area contributed by atoms with Gasteiger partial charge in [0, 0.05) is 6.42 Å². The van der Waals surface area contributed by atoms with Crippen LogP contribution in [0.3, 0.4) is 0 Å². The van der Waals surface area contributed by atoms with E-state index in [0.717, 1.165) is 19.3 Å². The van der Waals surface area contributed by atoms with E-state index in [-0.39, 0.29) is 24.4 Å². The van der Waals surface area contributed by atoms with Crippen molar-refractivity contribution in [2.24, 2.45) is 0 Å². The van der Waals surface area contributed by atoms with Gasteiger partial charge in [-0.05, 0) is 26.7 Å². The Morgan fingerprint density at radius 1 is 1.46 bits per heavy atom. The van der Waals surface area contributed by atoms with Crippen LogP contribution in [0.25, 0.3) is 0 Å². The second-order valence-corrected chi connectivity index (χ2v) is 4.32. The van der Waals surface area contributed by atoms with Gasteiger partial charge in [-0.3, -0.25) is 0 Å². The lowest BCUT2D eigenvalue weighted by molar-refractivity contribution is -0.0918. The van der Waals surface area contributed by atoms with Crippen molar-refractivity contribution in [2.75, 3.05) is 6.61 Å². The second-order valence-electron chi connectivity index (χ2n) is 4.32. The SMILES string of the molecule is CC1CC2(CCC(CO)O2)C(C)O1. The number of aliphatic hydroxyl groups is 1. The normalized spacial score (nSPS) is 50.5. The average Bonchev–Trinajstić information content (AvgIpc) is 2.59. The van der Waals surface area contributed by atoms with Crippen LogP contribution in [-0.2, 0) is 9.47 Å². The molecule has 0 aromatic carbocycles. The lowest BCUT2D eigenvalue weighted by Gasteiger charge is -2.27. The van der Waals surface area contributed by atoms with Crippen molar-refractivity contribution in [1.82, 2.24) is 0 Å². The van der Waals surface area contributed by atoms with Crippen LogP contribution in [0.5, 0.6) is 0 Å². The summed E-state index contributed by atoms with van der Waals surface area (Å²) >= 11 is 0. The lowest BCUT2D eigenvalue weighted by atomic mass is 9.91. The Hall–Kier alpha value is -0.120. The zero-order valence-electron chi connectivity index (χ0n) is 8.32. The molecule has 0 saturated carbocycles. The summed E-state index contributed by atoms with van der Waals surface area (Å²) in [5.74, 6) is 0. The summed E-state index contributed by atoms with van der Waals surface area (Å²) in [6.45, 7) is 4.30. The Bertz CT molecular complexity index is 195. The molecule has 2 aliphatic heterocycles. The quantitative estimate of drug-likeness (QED) is 0.666. The van der Waals surface area contributed by atoms with Crippen LogP contribution in [0.15, 0.2) is 0 Å². The van der Waals surface area contributed by atoms with E-state index in [2.05, 4.69) is 13.8 Å². The molecule has 76 valence electrons.